The minimum absolute atomic E-state index is 0.0181. The molecule has 4 aliphatic rings. The minimum atomic E-state index is -0.922. The van der Waals surface area contributed by atoms with Crippen LogP contribution in [0.15, 0.2) is 24.3 Å². The fourth-order valence-electron chi connectivity index (χ4n) is 7.22. The van der Waals surface area contributed by atoms with Crippen molar-refractivity contribution in [2.45, 2.75) is 57.7 Å². The van der Waals surface area contributed by atoms with Crippen LogP contribution in [0, 0.1) is 29.1 Å². The van der Waals surface area contributed by atoms with Gasteiger partial charge < -0.3 is 30.6 Å². The van der Waals surface area contributed by atoms with E-state index < -0.39 is 29.9 Å². The first-order valence-corrected chi connectivity index (χ1v) is 15.5. The van der Waals surface area contributed by atoms with Crippen LogP contribution in [-0.4, -0.2) is 83.5 Å². The molecule has 4 amide bonds. The van der Waals surface area contributed by atoms with Gasteiger partial charge in [-0.1, -0.05) is 19.9 Å². The number of carbonyl (C=O) groups excluding carboxylic acids is 5. The molecule has 43 heavy (non-hydrogen) atoms. The van der Waals surface area contributed by atoms with E-state index in [1.165, 1.54) is 0 Å². The number of halogens is 1. The lowest BCUT2D eigenvalue weighted by atomic mass is 9.95. The van der Waals surface area contributed by atoms with Crippen molar-refractivity contribution in [2.24, 2.45) is 29.1 Å². The molecule has 11 nitrogen and oxygen atoms in total. The number of ketones is 1. The lowest BCUT2D eigenvalue weighted by Gasteiger charge is -2.34. The van der Waals surface area contributed by atoms with Crippen molar-refractivity contribution in [3.05, 3.63) is 30.0 Å². The van der Waals surface area contributed by atoms with Crippen LogP contribution in [0.3, 0.4) is 0 Å². The Morgan fingerprint density at radius 3 is 2.58 bits per heavy atom. The van der Waals surface area contributed by atoms with Gasteiger partial charge in [-0.05, 0) is 67.1 Å². The summed E-state index contributed by atoms with van der Waals surface area (Å²) in [4.78, 5) is 71.0. The lowest BCUT2D eigenvalue weighted by molar-refractivity contribution is -0.143. The number of aromatic amines is 1. The number of hydrogen-bond acceptors (Lipinski definition) is 6. The van der Waals surface area contributed by atoms with Gasteiger partial charge in [0.05, 0.1) is 19.0 Å². The highest BCUT2D eigenvalue weighted by atomic mass is 35.5. The molecule has 0 radical (unpaired) electrons. The zero-order chi connectivity index (χ0) is 30.6. The Hall–Kier alpha value is -3.60. The van der Waals surface area contributed by atoms with Gasteiger partial charge in [0.2, 0.25) is 17.7 Å². The van der Waals surface area contributed by atoms with Crippen LogP contribution in [0.4, 0.5) is 0 Å². The molecular formula is C31H38ClN5O6. The van der Waals surface area contributed by atoms with E-state index in [4.69, 9.17) is 16.3 Å². The number of alkyl halides is 1. The van der Waals surface area contributed by atoms with E-state index >= 15 is 0 Å². The zero-order valence-corrected chi connectivity index (χ0v) is 25.3. The first-order valence-electron chi connectivity index (χ1n) is 15.0. The number of fused-ring (bicyclic) bond motifs is 2. The number of amides is 4. The third-order valence-electron chi connectivity index (χ3n) is 10.0. The Bertz CT molecular complexity index is 1480. The summed E-state index contributed by atoms with van der Waals surface area (Å²) < 4.78 is 5.41. The maximum absolute atomic E-state index is 14.1. The van der Waals surface area contributed by atoms with Crippen molar-refractivity contribution in [2.75, 3.05) is 26.1 Å². The molecule has 0 spiro atoms. The Labute approximate surface area is 254 Å². The van der Waals surface area contributed by atoms with Crippen LogP contribution in [0.5, 0.6) is 5.75 Å². The van der Waals surface area contributed by atoms with E-state index in [0.717, 1.165) is 23.7 Å². The molecule has 1 aromatic carbocycles. The first-order chi connectivity index (χ1) is 20.5. The second kappa shape index (κ2) is 11.2. The van der Waals surface area contributed by atoms with Crippen molar-refractivity contribution in [3.63, 3.8) is 0 Å². The predicted octanol–water partition coefficient (Wildman–Crippen LogP) is 1.99. The summed E-state index contributed by atoms with van der Waals surface area (Å²) in [6.45, 7) is 5.09. The van der Waals surface area contributed by atoms with Gasteiger partial charge in [-0.15, -0.1) is 11.6 Å². The summed E-state index contributed by atoms with van der Waals surface area (Å²) in [5.41, 5.74) is 0.919. The number of carbonyl (C=O) groups is 5. The van der Waals surface area contributed by atoms with Crippen molar-refractivity contribution in [1.82, 2.24) is 25.8 Å². The first kappa shape index (κ1) is 29.5. The largest absolute Gasteiger partial charge is 0.496 e. The molecule has 1 aromatic heterocycles. The smallest absolute Gasteiger partial charge is 0.268 e. The van der Waals surface area contributed by atoms with Gasteiger partial charge in [0.15, 0.2) is 5.78 Å². The average Bonchev–Trinajstić information content (AvgIpc) is 3.65. The number of aromatic nitrogens is 1. The van der Waals surface area contributed by atoms with Crippen LogP contribution in [0.25, 0.3) is 10.9 Å². The summed E-state index contributed by atoms with van der Waals surface area (Å²) in [6.07, 6.45) is 2.35. The molecule has 2 aliphatic heterocycles. The van der Waals surface area contributed by atoms with Crippen LogP contribution >= 0.6 is 11.6 Å². The molecular weight excluding hydrogens is 574 g/mol. The van der Waals surface area contributed by atoms with Gasteiger partial charge in [-0.2, -0.15) is 0 Å². The number of piperidine rings is 1. The number of nitrogens with zero attached hydrogens (tertiary/aromatic N) is 1. The van der Waals surface area contributed by atoms with Gasteiger partial charge in [-0.3, -0.25) is 24.0 Å². The number of H-pyrrole nitrogens is 1. The molecule has 4 N–H and O–H groups in total. The number of ether oxygens (including phenoxy) is 1. The summed E-state index contributed by atoms with van der Waals surface area (Å²) in [5, 5.41) is 9.34. The van der Waals surface area contributed by atoms with Crippen molar-refractivity contribution < 1.29 is 28.7 Å². The maximum Gasteiger partial charge on any atom is 0.268 e. The zero-order valence-electron chi connectivity index (χ0n) is 24.6. The molecule has 2 saturated heterocycles. The fourth-order valence-corrected chi connectivity index (χ4v) is 7.41. The third-order valence-corrected chi connectivity index (χ3v) is 10.3. The highest BCUT2D eigenvalue weighted by Crippen LogP contribution is 2.65. The van der Waals surface area contributed by atoms with Gasteiger partial charge in [0, 0.05) is 29.9 Å². The molecule has 2 saturated carbocycles. The standard InChI is InChI=1S/C31H38ClN5O6/c1-31(2)18-14-37(26(24(18)31)29(41)35-20(22(38)13-32)11-16-9-10-33-27(16)39)30(42)25(15-7-8-15)36-28(40)21-12-17-19(34-21)5-4-6-23(17)43-3/h4-6,12,15-16,18,20,24-26,34H,7-11,13-14H2,1-3H3,(H,33,39)(H,35,41)(H,36,40)/t16-,18-,20-,24-,25?,26-/m0/s1. The SMILES string of the molecule is COc1cccc2[nH]c(C(=O)NC(C(=O)N3C[C@H]4[C@@H]([C@H]3C(=O)N[C@@H](C[C@@H]3CCNC3=O)C(=O)CCl)C4(C)C)C3CC3)cc12. The Morgan fingerprint density at radius 2 is 1.93 bits per heavy atom. The van der Waals surface area contributed by atoms with E-state index in [9.17, 15) is 24.0 Å². The predicted molar refractivity (Wildman–Crippen MR) is 158 cm³/mol. The van der Waals surface area contributed by atoms with Crippen molar-refractivity contribution >= 4 is 51.9 Å². The number of Topliss-reactive ketones (excluding diaryl/α,β-unsaturated/α-hetero) is 1. The van der Waals surface area contributed by atoms with Crippen LogP contribution in [0.2, 0.25) is 0 Å². The molecule has 230 valence electrons. The minimum Gasteiger partial charge on any atom is -0.496 e. The highest BCUT2D eigenvalue weighted by Gasteiger charge is 2.70. The lowest BCUT2D eigenvalue weighted by Crippen LogP contribution is -2.58. The van der Waals surface area contributed by atoms with Gasteiger partial charge >= 0.3 is 0 Å². The Morgan fingerprint density at radius 1 is 1.16 bits per heavy atom. The third kappa shape index (κ3) is 5.36. The molecule has 3 heterocycles. The molecule has 2 aromatic rings. The second-order valence-electron chi connectivity index (χ2n) is 13.0. The van der Waals surface area contributed by atoms with E-state index in [2.05, 4.69) is 34.8 Å². The quantitative estimate of drug-likeness (QED) is 0.286. The van der Waals surface area contributed by atoms with Gasteiger partial charge in [-0.25, -0.2) is 0 Å². The van der Waals surface area contributed by atoms with Gasteiger partial charge in [0.1, 0.15) is 23.5 Å². The van der Waals surface area contributed by atoms with Crippen LogP contribution in [0.1, 0.15) is 50.0 Å². The summed E-state index contributed by atoms with van der Waals surface area (Å²) in [6, 6.07) is 4.71. The summed E-state index contributed by atoms with van der Waals surface area (Å²) in [5.74, 6) is -1.62. The molecule has 4 fully saturated rings. The maximum atomic E-state index is 14.1. The summed E-state index contributed by atoms with van der Waals surface area (Å²) >= 11 is 5.88. The number of hydrogen-bond donors (Lipinski definition) is 4. The molecule has 0 bridgehead atoms. The Balaban J connectivity index is 1.21. The Kier molecular flexibility index (Phi) is 7.64. The second-order valence-corrected chi connectivity index (χ2v) is 13.2. The molecule has 6 rings (SSSR count). The number of methoxy groups -OCH3 is 1. The van der Waals surface area contributed by atoms with Gasteiger partial charge in [0.25, 0.3) is 5.91 Å². The topological polar surface area (TPSA) is 150 Å². The number of benzene rings is 1. The van der Waals surface area contributed by atoms with E-state index in [1.54, 1.807) is 18.1 Å². The molecule has 12 heteroatoms. The molecule has 1 unspecified atom stereocenters. The average molecular weight is 612 g/mol. The van der Waals surface area contributed by atoms with E-state index in [1.807, 2.05) is 18.2 Å². The number of nitrogens with one attached hydrogen (secondary N) is 4. The summed E-state index contributed by atoms with van der Waals surface area (Å²) in [7, 11) is 1.57. The number of rotatable bonds is 11. The van der Waals surface area contributed by atoms with E-state index in [-0.39, 0.29) is 59.0 Å². The van der Waals surface area contributed by atoms with Crippen molar-refractivity contribution in [1.29, 1.82) is 0 Å². The van der Waals surface area contributed by atoms with Crippen molar-refractivity contribution in [3.8, 4) is 5.75 Å². The van der Waals surface area contributed by atoms with Crippen LogP contribution in [-0.2, 0) is 19.2 Å². The van der Waals surface area contributed by atoms with Crippen LogP contribution < -0.4 is 20.7 Å². The molecule has 2 aliphatic carbocycles. The van der Waals surface area contributed by atoms with E-state index in [0.29, 0.717) is 31.0 Å². The number of likely N-dealkylation sites (tertiary alicyclic amines) is 1. The fraction of sp³-hybridized carbons (Fsp3) is 0.581. The monoisotopic (exact) mass is 611 g/mol. The highest BCUT2D eigenvalue weighted by molar-refractivity contribution is 6.28. The normalized spacial score (nSPS) is 26.8. The molecule has 6 atom stereocenters.